The molecule has 0 unspecified atom stereocenters. The fraction of sp³-hybridized carbons (Fsp3) is 0.435. The van der Waals surface area contributed by atoms with Gasteiger partial charge in [0.2, 0.25) is 5.95 Å². The molecule has 7 nitrogen and oxygen atoms in total. The van der Waals surface area contributed by atoms with Gasteiger partial charge < -0.3 is 14.6 Å². The summed E-state index contributed by atoms with van der Waals surface area (Å²) >= 11 is 0. The summed E-state index contributed by atoms with van der Waals surface area (Å²) in [7, 11) is 0. The molecule has 3 heterocycles. The van der Waals surface area contributed by atoms with Crippen LogP contribution in [0.4, 0.5) is 5.95 Å². The molecule has 4 rings (SSSR count). The summed E-state index contributed by atoms with van der Waals surface area (Å²) < 4.78 is 10.9. The van der Waals surface area contributed by atoms with E-state index >= 15 is 0 Å². The average molecular weight is 407 g/mol. The molecule has 1 aliphatic rings. The Hall–Kier alpha value is -2.77. The quantitative estimate of drug-likeness (QED) is 0.670. The van der Waals surface area contributed by atoms with E-state index in [1.807, 2.05) is 36.7 Å². The third-order valence-corrected chi connectivity index (χ3v) is 5.14. The third-order valence-electron chi connectivity index (χ3n) is 5.14. The first-order chi connectivity index (χ1) is 14.5. The predicted molar refractivity (Wildman–Crippen MR) is 116 cm³/mol. The Bertz CT molecular complexity index is 939. The molecule has 3 aromatic rings. The number of nitrogens with one attached hydrogen (secondary N) is 1. The zero-order valence-electron chi connectivity index (χ0n) is 17.8. The molecule has 7 heteroatoms. The minimum atomic E-state index is -0.0653. The molecule has 0 saturated carbocycles. The summed E-state index contributed by atoms with van der Waals surface area (Å²) in [6.07, 6.45) is 3.65. The van der Waals surface area contributed by atoms with E-state index in [0.717, 1.165) is 67.5 Å². The van der Waals surface area contributed by atoms with E-state index in [1.54, 1.807) is 0 Å². The summed E-state index contributed by atoms with van der Waals surface area (Å²) in [6, 6.07) is 11.2. The van der Waals surface area contributed by atoms with Crippen LogP contribution in [0.1, 0.15) is 26.5 Å². The van der Waals surface area contributed by atoms with Gasteiger partial charge in [-0.1, -0.05) is 38.1 Å². The summed E-state index contributed by atoms with van der Waals surface area (Å²) in [5.41, 5.74) is 3.59. The molecule has 0 bridgehead atoms. The summed E-state index contributed by atoms with van der Waals surface area (Å²) in [5, 5.41) is 7.47. The van der Waals surface area contributed by atoms with E-state index in [9.17, 15) is 0 Å². The van der Waals surface area contributed by atoms with Gasteiger partial charge in [-0.25, -0.2) is 9.97 Å². The van der Waals surface area contributed by atoms with Crippen LogP contribution in [0.25, 0.3) is 22.4 Å². The van der Waals surface area contributed by atoms with Gasteiger partial charge in [0.15, 0.2) is 0 Å². The maximum Gasteiger partial charge on any atom is 0.222 e. The molecule has 0 atom stereocenters. The first-order valence-corrected chi connectivity index (χ1v) is 10.3. The Morgan fingerprint density at radius 3 is 2.50 bits per heavy atom. The number of rotatable bonds is 6. The molecule has 0 aliphatic carbocycles. The maximum atomic E-state index is 5.48. The van der Waals surface area contributed by atoms with Crippen molar-refractivity contribution in [3.63, 3.8) is 0 Å². The van der Waals surface area contributed by atoms with Crippen molar-refractivity contribution >= 4 is 5.95 Å². The Balaban J connectivity index is 1.35. The van der Waals surface area contributed by atoms with Crippen LogP contribution in [0.3, 0.4) is 0 Å². The van der Waals surface area contributed by atoms with Crippen molar-refractivity contribution in [2.75, 3.05) is 44.7 Å². The topological polar surface area (TPSA) is 76.3 Å². The Labute approximate surface area is 177 Å². The maximum absolute atomic E-state index is 5.48. The molecular weight excluding hydrogens is 378 g/mol. The highest BCUT2D eigenvalue weighted by molar-refractivity contribution is 5.67. The third kappa shape index (κ3) is 5.04. The van der Waals surface area contributed by atoms with E-state index in [4.69, 9.17) is 9.26 Å². The van der Waals surface area contributed by atoms with Gasteiger partial charge in [-0.3, -0.25) is 4.90 Å². The van der Waals surface area contributed by atoms with E-state index < -0.39 is 0 Å². The van der Waals surface area contributed by atoms with Crippen molar-refractivity contribution in [3.05, 3.63) is 48.5 Å². The Morgan fingerprint density at radius 2 is 1.87 bits per heavy atom. The van der Waals surface area contributed by atoms with Crippen molar-refractivity contribution in [2.45, 2.75) is 26.2 Å². The van der Waals surface area contributed by atoms with Crippen LogP contribution >= 0.6 is 0 Å². The van der Waals surface area contributed by atoms with Crippen molar-refractivity contribution < 1.29 is 9.26 Å². The van der Waals surface area contributed by atoms with E-state index in [0.29, 0.717) is 5.95 Å². The number of hydrogen-bond acceptors (Lipinski definition) is 7. The molecule has 0 amide bonds. The SMILES string of the molecule is CC(C)(C)c1cc(-c2c[c]c(-c3cnc(NCCN4CCOCC4)nc3)cc2)no1. The normalized spacial score (nSPS) is 15.3. The average Bonchev–Trinajstić information content (AvgIpc) is 3.26. The second-order valence-electron chi connectivity index (χ2n) is 8.49. The molecule has 2 aromatic heterocycles. The van der Waals surface area contributed by atoms with Gasteiger partial charge in [0.05, 0.1) is 13.2 Å². The van der Waals surface area contributed by atoms with Crippen molar-refractivity contribution in [3.8, 4) is 22.4 Å². The summed E-state index contributed by atoms with van der Waals surface area (Å²) in [5.74, 6) is 1.51. The Kier molecular flexibility index (Phi) is 6.11. The van der Waals surface area contributed by atoms with Crippen LogP contribution in [-0.4, -0.2) is 59.4 Å². The highest BCUT2D eigenvalue weighted by Crippen LogP contribution is 2.28. The molecule has 30 heavy (non-hydrogen) atoms. The second-order valence-corrected chi connectivity index (χ2v) is 8.49. The van der Waals surface area contributed by atoms with Gasteiger partial charge in [-0.05, 0) is 17.7 Å². The molecule has 1 fully saturated rings. The van der Waals surface area contributed by atoms with Gasteiger partial charge in [-0.2, -0.15) is 0 Å². The number of benzene rings is 1. The van der Waals surface area contributed by atoms with Crippen LogP contribution < -0.4 is 5.32 Å². The lowest BCUT2D eigenvalue weighted by Crippen LogP contribution is -2.39. The number of hydrogen-bond donors (Lipinski definition) is 1. The van der Waals surface area contributed by atoms with Crippen LogP contribution in [0.2, 0.25) is 0 Å². The fourth-order valence-electron chi connectivity index (χ4n) is 3.24. The molecule has 1 N–H and O–H groups in total. The van der Waals surface area contributed by atoms with Gasteiger partial charge in [0.1, 0.15) is 11.5 Å². The van der Waals surface area contributed by atoms with Gasteiger partial charge in [-0.15, -0.1) is 0 Å². The highest BCUT2D eigenvalue weighted by Gasteiger charge is 2.20. The molecular formula is C23H28N5O2. The summed E-state index contributed by atoms with van der Waals surface area (Å²) in [6.45, 7) is 11.7. The minimum Gasteiger partial charge on any atom is -0.379 e. The molecule has 1 aromatic carbocycles. The number of morpholine rings is 1. The second kappa shape index (κ2) is 8.93. The van der Waals surface area contributed by atoms with Crippen molar-refractivity contribution in [1.29, 1.82) is 0 Å². The lowest BCUT2D eigenvalue weighted by Gasteiger charge is -2.26. The first-order valence-electron chi connectivity index (χ1n) is 10.3. The molecule has 1 radical (unpaired) electrons. The van der Waals surface area contributed by atoms with Crippen molar-refractivity contribution in [1.82, 2.24) is 20.0 Å². The zero-order chi connectivity index (χ0) is 21.0. The smallest absolute Gasteiger partial charge is 0.222 e. The Morgan fingerprint density at radius 1 is 1.10 bits per heavy atom. The zero-order valence-corrected chi connectivity index (χ0v) is 17.8. The minimum absolute atomic E-state index is 0.0653. The van der Waals surface area contributed by atoms with Gasteiger partial charge >= 0.3 is 0 Å². The van der Waals surface area contributed by atoms with E-state index in [2.05, 4.69) is 52.2 Å². The van der Waals surface area contributed by atoms with E-state index in [-0.39, 0.29) is 5.41 Å². The molecule has 157 valence electrons. The van der Waals surface area contributed by atoms with Crippen LogP contribution in [0, 0.1) is 6.07 Å². The standard InChI is InChI=1S/C23H28N5O2/c1-23(2,3)21-14-20(27-30-21)18-6-4-17(5-7-18)19-15-25-22(26-16-19)24-8-9-28-10-12-29-13-11-28/h4,6-7,14-16H,8-13H2,1-3H3,(H,24,25,26). The number of aromatic nitrogens is 3. The lowest BCUT2D eigenvalue weighted by molar-refractivity contribution is 0.0398. The fourth-order valence-corrected chi connectivity index (χ4v) is 3.24. The monoisotopic (exact) mass is 406 g/mol. The van der Waals surface area contributed by atoms with Gasteiger partial charge in [0, 0.05) is 61.2 Å². The first kappa shape index (κ1) is 20.5. The number of anilines is 1. The lowest BCUT2D eigenvalue weighted by atomic mass is 9.93. The van der Waals surface area contributed by atoms with Gasteiger partial charge in [0.25, 0.3) is 0 Å². The van der Waals surface area contributed by atoms with Crippen LogP contribution in [0.15, 0.2) is 41.2 Å². The molecule has 1 saturated heterocycles. The predicted octanol–water partition coefficient (Wildman–Crippen LogP) is 3.64. The molecule has 1 aliphatic heterocycles. The van der Waals surface area contributed by atoms with Crippen molar-refractivity contribution in [2.24, 2.45) is 0 Å². The number of nitrogens with zero attached hydrogens (tertiary/aromatic N) is 4. The largest absolute Gasteiger partial charge is 0.379 e. The molecule has 0 spiro atoms. The number of ether oxygens (including phenoxy) is 1. The van der Waals surface area contributed by atoms with Crippen LogP contribution in [-0.2, 0) is 10.2 Å². The summed E-state index contributed by atoms with van der Waals surface area (Å²) in [4.78, 5) is 11.2. The van der Waals surface area contributed by atoms with E-state index in [1.165, 1.54) is 0 Å². The highest BCUT2D eigenvalue weighted by atomic mass is 16.5. The van der Waals surface area contributed by atoms with Crippen LogP contribution in [0.5, 0.6) is 0 Å².